The third-order valence-electron chi connectivity index (χ3n) is 4.80. The monoisotopic (exact) mass is 390 g/mol. The van der Waals surface area contributed by atoms with Crippen molar-refractivity contribution >= 4 is 10.0 Å². The second-order valence-electron chi connectivity index (χ2n) is 6.59. The molecule has 27 heavy (non-hydrogen) atoms. The Bertz CT molecular complexity index is 848. The second-order valence-corrected chi connectivity index (χ2v) is 8.56. The zero-order valence-corrected chi connectivity index (χ0v) is 16.6. The summed E-state index contributed by atoms with van der Waals surface area (Å²) in [5, 5.41) is 0. The fourth-order valence-corrected chi connectivity index (χ4v) is 4.78. The molecule has 7 heteroatoms. The zero-order valence-electron chi connectivity index (χ0n) is 15.8. The first-order valence-electron chi connectivity index (χ1n) is 8.97. The fraction of sp³-hybridized carbons (Fsp3) is 0.400. The molecule has 0 amide bonds. The standard InChI is InChI=1S/C20H26N2O4S/c1-25-19-9-8-18(20(14-19)26-2)15-21-10-12-22(13-11-21)27(23,24)16-17-6-4-3-5-7-17/h3-9,14H,10-13,15-16H2,1-2H3. The van der Waals surface area contributed by atoms with E-state index in [9.17, 15) is 8.42 Å². The average molecular weight is 391 g/mol. The van der Waals surface area contributed by atoms with E-state index in [4.69, 9.17) is 9.47 Å². The highest BCUT2D eigenvalue weighted by molar-refractivity contribution is 7.88. The average Bonchev–Trinajstić information content (AvgIpc) is 2.69. The van der Waals surface area contributed by atoms with Crippen LogP contribution in [0.25, 0.3) is 0 Å². The normalized spacial score (nSPS) is 16.2. The number of benzene rings is 2. The van der Waals surface area contributed by atoms with Gasteiger partial charge in [0.05, 0.1) is 20.0 Å². The summed E-state index contributed by atoms with van der Waals surface area (Å²) in [7, 11) is -0.0153. The maximum atomic E-state index is 12.7. The van der Waals surface area contributed by atoms with Crippen molar-refractivity contribution in [3.63, 3.8) is 0 Å². The SMILES string of the molecule is COc1ccc(CN2CCN(S(=O)(=O)Cc3ccccc3)CC2)c(OC)c1. The van der Waals surface area contributed by atoms with E-state index in [1.807, 2.05) is 48.5 Å². The van der Waals surface area contributed by atoms with Crippen molar-refractivity contribution in [1.82, 2.24) is 9.21 Å². The van der Waals surface area contributed by atoms with Gasteiger partial charge in [0, 0.05) is 44.4 Å². The molecule has 0 radical (unpaired) electrons. The van der Waals surface area contributed by atoms with Crippen LogP contribution in [0.3, 0.4) is 0 Å². The van der Waals surface area contributed by atoms with Gasteiger partial charge in [-0.2, -0.15) is 4.31 Å². The van der Waals surface area contributed by atoms with Gasteiger partial charge >= 0.3 is 0 Å². The van der Waals surface area contributed by atoms with Crippen molar-refractivity contribution in [1.29, 1.82) is 0 Å². The van der Waals surface area contributed by atoms with E-state index in [-0.39, 0.29) is 5.75 Å². The lowest BCUT2D eigenvalue weighted by Crippen LogP contribution is -2.48. The first-order chi connectivity index (χ1) is 13.0. The van der Waals surface area contributed by atoms with Crippen LogP contribution in [0, 0.1) is 0 Å². The van der Waals surface area contributed by atoms with Crippen molar-refractivity contribution < 1.29 is 17.9 Å². The topological polar surface area (TPSA) is 59.1 Å². The molecule has 1 aliphatic rings. The summed E-state index contributed by atoms with van der Waals surface area (Å²) in [5.74, 6) is 1.60. The van der Waals surface area contributed by atoms with Crippen molar-refractivity contribution in [3.8, 4) is 11.5 Å². The van der Waals surface area contributed by atoms with E-state index < -0.39 is 10.0 Å². The first-order valence-corrected chi connectivity index (χ1v) is 10.6. The van der Waals surface area contributed by atoms with Gasteiger partial charge in [0.25, 0.3) is 0 Å². The molecule has 0 spiro atoms. The largest absolute Gasteiger partial charge is 0.497 e. The van der Waals surface area contributed by atoms with Crippen molar-refractivity contribution in [2.75, 3.05) is 40.4 Å². The van der Waals surface area contributed by atoms with Crippen LogP contribution in [0.5, 0.6) is 11.5 Å². The van der Waals surface area contributed by atoms with E-state index >= 15 is 0 Å². The molecule has 0 bridgehead atoms. The summed E-state index contributed by atoms with van der Waals surface area (Å²) in [6.45, 7) is 3.13. The molecule has 3 rings (SSSR count). The number of nitrogens with zero attached hydrogens (tertiary/aromatic N) is 2. The van der Waals surface area contributed by atoms with Crippen LogP contribution in [0.4, 0.5) is 0 Å². The van der Waals surface area contributed by atoms with Gasteiger partial charge in [0.15, 0.2) is 0 Å². The van der Waals surface area contributed by atoms with E-state index in [0.29, 0.717) is 26.2 Å². The molecule has 0 saturated carbocycles. The summed E-state index contributed by atoms with van der Waals surface area (Å²) in [6.07, 6.45) is 0. The summed E-state index contributed by atoms with van der Waals surface area (Å²) < 4.78 is 37.6. The van der Waals surface area contributed by atoms with E-state index in [1.54, 1.807) is 18.5 Å². The minimum Gasteiger partial charge on any atom is -0.497 e. The number of sulfonamides is 1. The molecular formula is C20H26N2O4S. The van der Waals surface area contributed by atoms with Gasteiger partial charge in [-0.1, -0.05) is 36.4 Å². The summed E-state index contributed by atoms with van der Waals surface area (Å²) in [4.78, 5) is 2.25. The van der Waals surface area contributed by atoms with E-state index in [2.05, 4.69) is 4.90 Å². The summed E-state index contributed by atoms with van der Waals surface area (Å²) in [6, 6.07) is 15.1. The number of hydrogen-bond acceptors (Lipinski definition) is 5. The smallest absolute Gasteiger partial charge is 0.218 e. The van der Waals surface area contributed by atoms with Gasteiger partial charge in [-0.3, -0.25) is 4.90 Å². The Morgan fingerprint density at radius 2 is 1.63 bits per heavy atom. The van der Waals surface area contributed by atoms with Crippen LogP contribution in [-0.4, -0.2) is 58.0 Å². The lowest BCUT2D eigenvalue weighted by molar-refractivity contribution is 0.180. The van der Waals surface area contributed by atoms with Crippen molar-refractivity contribution in [2.24, 2.45) is 0 Å². The number of methoxy groups -OCH3 is 2. The lowest BCUT2D eigenvalue weighted by Gasteiger charge is -2.34. The number of rotatable bonds is 7. The lowest BCUT2D eigenvalue weighted by atomic mass is 10.1. The molecule has 1 fully saturated rings. The molecule has 0 N–H and O–H groups in total. The molecule has 0 atom stereocenters. The minimum atomic E-state index is -3.29. The number of hydrogen-bond donors (Lipinski definition) is 0. The molecule has 6 nitrogen and oxygen atoms in total. The van der Waals surface area contributed by atoms with Crippen LogP contribution >= 0.6 is 0 Å². The maximum Gasteiger partial charge on any atom is 0.218 e. The third kappa shape index (κ3) is 5.00. The quantitative estimate of drug-likeness (QED) is 0.726. The predicted molar refractivity (Wildman–Crippen MR) is 105 cm³/mol. The Morgan fingerprint density at radius 1 is 0.926 bits per heavy atom. The van der Waals surface area contributed by atoms with Crippen LogP contribution in [-0.2, 0) is 22.3 Å². The molecule has 2 aromatic carbocycles. The third-order valence-corrected chi connectivity index (χ3v) is 6.65. The van der Waals surface area contributed by atoms with Gasteiger partial charge in [0.1, 0.15) is 11.5 Å². The molecule has 0 unspecified atom stereocenters. The molecule has 1 saturated heterocycles. The molecule has 1 heterocycles. The Hall–Kier alpha value is -2.09. The minimum absolute atomic E-state index is 0.0557. The van der Waals surface area contributed by atoms with Gasteiger partial charge < -0.3 is 9.47 Å². The number of piperazine rings is 1. The second kappa shape index (κ2) is 8.73. The van der Waals surface area contributed by atoms with Crippen LogP contribution in [0.1, 0.15) is 11.1 Å². The Labute approximate surface area is 161 Å². The Morgan fingerprint density at radius 3 is 2.26 bits per heavy atom. The van der Waals surface area contributed by atoms with Gasteiger partial charge in [-0.05, 0) is 11.6 Å². The van der Waals surface area contributed by atoms with Gasteiger partial charge in [-0.25, -0.2) is 8.42 Å². The molecule has 2 aromatic rings. The molecule has 146 valence electrons. The fourth-order valence-electron chi connectivity index (χ4n) is 3.27. The first kappa shape index (κ1) is 19.7. The molecule has 0 aliphatic carbocycles. The predicted octanol–water partition coefficient (Wildman–Crippen LogP) is 2.35. The van der Waals surface area contributed by atoms with E-state index in [0.717, 1.165) is 29.2 Å². The Kier molecular flexibility index (Phi) is 6.36. The van der Waals surface area contributed by atoms with Crippen LogP contribution in [0.15, 0.2) is 48.5 Å². The molecular weight excluding hydrogens is 364 g/mol. The van der Waals surface area contributed by atoms with Crippen LogP contribution in [0.2, 0.25) is 0 Å². The van der Waals surface area contributed by atoms with Crippen molar-refractivity contribution in [3.05, 3.63) is 59.7 Å². The molecule has 0 aromatic heterocycles. The summed E-state index contributed by atoms with van der Waals surface area (Å²) >= 11 is 0. The molecule has 1 aliphatic heterocycles. The summed E-state index contributed by atoms with van der Waals surface area (Å²) in [5.41, 5.74) is 1.89. The zero-order chi connectivity index (χ0) is 19.3. The highest BCUT2D eigenvalue weighted by Gasteiger charge is 2.27. The highest BCUT2D eigenvalue weighted by Crippen LogP contribution is 2.26. The van der Waals surface area contributed by atoms with Crippen molar-refractivity contribution in [2.45, 2.75) is 12.3 Å². The van der Waals surface area contributed by atoms with Crippen LogP contribution < -0.4 is 9.47 Å². The van der Waals surface area contributed by atoms with Gasteiger partial charge in [0.2, 0.25) is 10.0 Å². The van der Waals surface area contributed by atoms with Gasteiger partial charge in [-0.15, -0.1) is 0 Å². The maximum absolute atomic E-state index is 12.7. The number of ether oxygens (including phenoxy) is 2. The Balaban J connectivity index is 1.59. The highest BCUT2D eigenvalue weighted by atomic mass is 32.2. The van der Waals surface area contributed by atoms with E-state index in [1.165, 1.54) is 0 Å².